The maximum Gasteiger partial charge on any atom is 0.224 e. The van der Waals surface area contributed by atoms with E-state index in [2.05, 4.69) is 15.4 Å². The first-order valence-electron chi connectivity index (χ1n) is 9.47. The summed E-state index contributed by atoms with van der Waals surface area (Å²) in [6, 6.07) is 9.68. The molecule has 1 aliphatic heterocycles. The SMILES string of the molecule is O=C(CCn1nnc(-c2ccccc2)n1)N1CC[C@@]2(O)CCCC[C@H]2C1. The molecule has 7 nitrogen and oxygen atoms in total. The highest BCUT2D eigenvalue weighted by molar-refractivity contribution is 5.76. The van der Waals surface area contributed by atoms with Gasteiger partial charge in [0.15, 0.2) is 0 Å². The first kappa shape index (κ1) is 17.1. The number of nitrogens with zero attached hydrogens (tertiary/aromatic N) is 5. The molecule has 2 aromatic rings. The highest BCUT2D eigenvalue weighted by Gasteiger charge is 2.43. The van der Waals surface area contributed by atoms with E-state index < -0.39 is 5.60 Å². The molecule has 1 N–H and O–H groups in total. The van der Waals surface area contributed by atoms with Crippen LogP contribution < -0.4 is 0 Å². The first-order chi connectivity index (χ1) is 12.6. The molecule has 1 saturated carbocycles. The van der Waals surface area contributed by atoms with Crippen molar-refractivity contribution in [1.29, 1.82) is 0 Å². The number of aryl methyl sites for hydroxylation is 1. The molecular weight excluding hydrogens is 330 g/mol. The average molecular weight is 355 g/mol. The lowest BCUT2D eigenvalue weighted by Gasteiger charge is -2.47. The van der Waals surface area contributed by atoms with E-state index in [4.69, 9.17) is 0 Å². The third-order valence-corrected chi connectivity index (χ3v) is 5.79. The summed E-state index contributed by atoms with van der Waals surface area (Å²) in [7, 11) is 0. The molecule has 138 valence electrons. The Morgan fingerprint density at radius 1 is 1.23 bits per heavy atom. The average Bonchev–Trinajstić information content (AvgIpc) is 3.15. The van der Waals surface area contributed by atoms with Crippen molar-refractivity contribution < 1.29 is 9.90 Å². The third-order valence-electron chi connectivity index (χ3n) is 5.79. The maximum absolute atomic E-state index is 12.6. The van der Waals surface area contributed by atoms with Gasteiger partial charge in [0.05, 0.1) is 12.1 Å². The predicted octanol–water partition coefficient (Wildman–Crippen LogP) is 1.88. The molecule has 7 heteroatoms. The quantitative estimate of drug-likeness (QED) is 0.905. The molecule has 4 rings (SSSR count). The summed E-state index contributed by atoms with van der Waals surface area (Å²) in [4.78, 5) is 16.0. The summed E-state index contributed by atoms with van der Waals surface area (Å²) in [5.74, 6) is 0.905. The zero-order valence-electron chi connectivity index (χ0n) is 14.9. The van der Waals surface area contributed by atoms with Gasteiger partial charge in [-0.1, -0.05) is 43.2 Å². The van der Waals surface area contributed by atoms with Crippen LogP contribution in [0.1, 0.15) is 38.5 Å². The van der Waals surface area contributed by atoms with E-state index in [9.17, 15) is 9.90 Å². The van der Waals surface area contributed by atoms with Crippen LogP contribution in [-0.2, 0) is 11.3 Å². The van der Waals surface area contributed by atoms with Crippen molar-refractivity contribution in [2.45, 2.75) is 50.7 Å². The summed E-state index contributed by atoms with van der Waals surface area (Å²) in [5, 5.41) is 23.2. The van der Waals surface area contributed by atoms with Crippen LogP contribution in [0, 0.1) is 5.92 Å². The Labute approximate surface area is 153 Å². The van der Waals surface area contributed by atoms with Gasteiger partial charge >= 0.3 is 0 Å². The van der Waals surface area contributed by atoms with Crippen molar-refractivity contribution >= 4 is 5.91 Å². The molecule has 0 bridgehead atoms. The van der Waals surface area contributed by atoms with Crippen LogP contribution >= 0.6 is 0 Å². The zero-order chi connectivity index (χ0) is 18.0. The van der Waals surface area contributed by atoms with Gasteiger partial charge in [0.25, 0.3) is 0 Å². The minimum atomic E-state index is -0.549. The van der Waals surface area contributed by atoms with Gasteiger partial charge < -0.3 is 10.0 Å². The number of amides is 1. The van der Waals surface area contributed by atoms with E-state index in [0.29, 0.717) is 38.3 Å². The fourth-order valence-corrected chi connectivity index (χ4v) is 4.19. The Morgan fingerprint density at radius 3 is 2.92 bits per heavy atom. The summed E-state index contributed by atoms with van der Waals surface area (Å²) in [6.45, 7) is 1.74. The Morgan fingerprint density at radius 2 is 2.08 bits per heavy atom. The van der Waals surface area contributed by atoms with Crippen LogP contribution in [0.3, 0.4) is 0 Å². The molecule has 2 heterocycles. The zero-order valence-corrected chi connectivity index (χ0v) is 14.9. The van der Waals surface area contributed by atoms with Crippen molar-refractivity contribution in [3.63, 3.8) is 0 Å². The number of likely N-dealkylation sites (tertiary alicyclic amines) is 1. The summed E-state index contributed by atoms with van der Waals surface area (Å²) < 4.78 is 0. The summed E-state index contributed by atoms with van der Waals surface area (Å²) in [5.41, 5.74) is 0.366. The van der Waals surface area contributed by atoms with Gasteiger partial charge in [-0.25, -0.2) is 0 Å². The molecule has 0 unspecified atom stereocenters. The molecular formula is C19H25N5O2. The number of aromatic nitrogens is 4. The van der Waals surface area contributed by atoms with Gasteiger partial charge in [0.1, 0.15) is 0 Å². The Bertz CT molecular complexity index is 762. The van der Waals surface area contributed by atoms with Gasteiger partial charge in [-0.15, -0.1) is 10.2 Å². The number of benzene rings is 1. The first-order valence-corrected chi connectivity index (χ1v) is 9.47. The Balaban J connectivity index is 1.32. The number of hydrogen-bond acceptors (Lipinski definition) is 5. The maximum atomic E-state index is 12.6. The molecule has 1 amide bonds. The molecule has 2 atom stereocenters. The number of carbonyl (C=O) groups excluding carboxylic acids is 1. The normalized spacial score (nSPS) is 25.7. The number of piperidine rings is 1. The fourth-order valence-electron chi connectivity index (χ4n) is 4.19. The second kappa shape index (κ2) is 7.15. The summed E-state index contributed by atoms with van der Waals surface area (Å²) >= 11 is 0. The molecule has 26 heavy (non-hydrogen) atoms. The number of hydrogen-bond donors (Lipinski definition) is 1. The molecule has 1 aliphatic carbocycles. The fraction of sp³-hybridized carbons (Fsp3) is 0.579. The van der Waals surface area contributed by atoms with Crippen LogP contribution in [0.25, 0.3) is 11.4 Å². The largest absolute Gasteiger partial charge is 0.389 e. The topological polar surface area (TPSA) is 84.1 Å². The van der Waals surface area contributed by atoms with Crippen molar-refractivity contribution in [3.05, 3.63) is 30.3 Å². The monoisotopic (exact) mass is 355 g/mol. The van der Waals surface area contributed by atoms with Crippen molar-refractivity contribution in [2.75, 3.05) is 13.1 Å². The minimum Gasteiger partial charge on any atom is -0.389 e. The Hall–Kier alpha value is -2.28. The molecule has 1 aromatic carbocycles. The Kier molecular flexibility index (Phi) is 4.72. The van der Waals surface area contributed by atoms with E-state index in [1.54, 1.807) is 0 Å². The molecule has 1 aromatic heterocycles. The highest BCUT2D eigenvalue weighted by Crippen LogP contribution is 2.39. The number of fused-ring (bicyclic) bond motifs is 1. The lowest BCUT2D eigenvalue weighted by molar-refractivity contribution is -0.143. The van der Waals surface area contributed by atoms with Gasteiger partial charge in [0, 0.05) is 31.0 Å². The summed E-state index contributed by atoms with van der Waals surface area (Å²) in [6.07, 6.45) is 5.21. The number of carbonyl (C=O) groups is 1. The lowest BCUT2D eigenvalue weighted by Crippen LogP contribution is -2.54. The van der Waals surface area contributed by atoms with Crippen molar-refractivity contribution in [1.82, 2.24) is 25.1 Å². The molecule has 2 aliphatic rings. The number of aliphatic hydroxyl groups is 1. The van der Waals surface area contributed by atoms with Crippen LogP contribution in [0.2, 0.25) is 0 Å². The number of rotatable bonds is 4. The smallest absolute Gasteiger partial charge is 0.224 e. The second-order valence-electron chi connectivity index (χ2n) is 7.46. The van der Waals surface area contributed by atoms with E-state index in [-0.39, 0.29) is 11.8 Å². The van der Waals surface area contributed by atoms with Gasteiger partial charge in [-0.05, 0) is 24.5 Å². The van der Waals surface area contributed by atoms with E-state index in [1.165, 1.54) is 4.80 Å². The van der Waals surface area contributed by atoms with Crippen molar-refractivity contribution in [3.8, 4) is 11.4 Å². The third kappa shape index (κ3) is 3.49. The van der Waals surface area contributed by atoms with Crippen LogP contribution in [-0.4, -0.2) is 54.8 Å². The van der Waals surface area contributed by atoms with Gasteiger partial charge in [-0.2, -0.15) is 4.80 Å². The highest BCUT2D eigenvalue weighted by atomic mass is 16.3. The minimum absolute atomic E-state index is 0.108. The van der Waals surface area contributed by atoms with Gasteiger partial charge in [0.2, 0.25) is 11.7 Å². The molecule has 2 fully saturated rings. The lowest BCUT2D eigenvalue weighted by atomic mass is 9.71. The molecule has 0 radical (unpaired) electrons. The van der Waals surface area contributed by atoms with Crippen molar-refractivity contribution in [2.24, 2.45) is 5.92 Å². The van der Waals surface area contributed by atoms with E-state index >= 15 is 0 Å². The van der Waals surface area contributed by atoms with E-state index in [0.717, 1.165) is 31.2 Å². The molecule has 0 spiro atoms. The second-order valence-corrected chi connectivity index (χ2v) is 7.46. The van der Waals surface area contributed by atoms with Crippen LogP contribution in [0.4, 0.5) is 0 Å². The predicted molar refractivity (Wildman–Crippen MR) is 96.0 cm³/mol. The standard InChI is InChI=1S/C19H25N5O2/c25-17(23-13-11-19(26)10-5-4-8-16(19)14-23)9-12-24-21-18(20-22-24)15-6-2-1-3-7-15/h1-3,6-7,16,26H,4-5,8-14H2/t16-,19-/m0/s1. The van der Waals surface area contributed by atoms with E-state index in [1.807, 2.05) is 35.2 Å². The van der Waals surface area contributed by atoms with Crippen LogP contribution in [0.5, 0.6) is 0 Å². The molecule has 1 saturated heterocycles. The number of tetrazole rings is 1. The van der Waals surface area contributed by atoms with Gasteiger partial charge in [-0.3, -0.25) is 4.79 Å². The van der Waals surface area contributed by atoms with Crippen LogP contribution in [0.15, 0.2) is 30.3 Å².